The van der Waals surface area contributed by atoms with Crippen LogP contribution in [0.2, 0.25) is 0 Å². The van der Waals surface area contributed by atoms with Crippen LogP contribution in [0, 0.1) is 0 Å². The molecular weight excluding hydrogens is 411 g/mol. The Morgan fingerprint density at radius 3 is 2.46 bits per heavy atom. The van der Waals surface area contributed by atoms with Crippen molar-refractivity contribution in [3.63, 3.8) is 0 Å². The monoisotopic (exact) mass is 434 g/mol. The minimum absolute atomic E-state index is 0. The van der Waals surface area contributed by atoms with Gasteiger partial charge in [-0.1, -0.05) is 46.3 Å². The molecule has 0 aliphatic rings. The van der Waals surface area contributed by atoms with Gasteiger partial charge in [-0.2, -0.15) is 0 Å². The van der Waals surface area contributed by atoms with Crippen molar-refractivity contribution in [3.8, 4) is 5.75 Å². The molecule has 6 heteroatoms. The van der Waals surface area contributed by atoms with Crippen molar-refractivity contribution in [2.75, 3.05) is 20.1 Å². The van der Waals surface area contributed by atoms with Crippen LogP contribution in [0.25, 0.3) is 0 Å². The number of rotatable bonds is 9. The summed E-state index contributed by atoms with van der Waals surface area (Å²) in [7, 11) is 1.98. The standard InChI is InChI=1S/C18H23BrN2O.2ClH/c1-20-10-5-11-21-13-16-12-17(19)8-9-18(16)22-14-15-6-3-2-4-7-15;;/h2-4,6-9,12,20-21H,5,10-11,13-14H2,1H3;2*1H. The Hall–Kier alpha value is -0.780. The SMILES string of the molecule is CNCCCNCc1cc(Br)ccc1OCc1ccccc1.Cl.Cl. The summed E-state index contributed by atoms with van der Waals surface area (Å²) in [6.07, 6.45) is 1.12. The molecule has 3 nitrogen and oxygen atoms in total. The Morgan fingerprint density at radius 2 is 1.75 bits per heavy atom. The Kier molecular flexibility index (Phi) is 13.1. The second kappa shape index (κ2) is 13.5. The molecule has 2 N–H and O–H groups in total. The van der Waals surface area contributed by atoms with Gasteiger partial charge in [0.1, 0.15) is 12.4 Å². The van der Waals surface area contributed by atoms with Crippen LogP contribution in [-0.4, -0.2) is 20.1 Å². The van der Waals surface area contributed by atoms with Gasteiger partial charge in [0.2, 0.25) is 0 Å². The average Bonchev–Trinajstić information content (AvgIpc) is 2.55. The van der Waals surface area contributed by atoms with Crippen molar-refractivity contribution in [2.45, 2.75) is 19.6 Å². The zero-order valence-corrected chi connectivity index (χ0v) is 17.0. The highest BCUT2D eigenvalue weighted by Crippen LogP contribution is 2.24. The summed E-state index contributed by atoms with van der Waals surface area (Å²) in [5.41, 5.74) is 2.35. The van der Waals surface area contributed by atoms with Crippen molar-refractivity contribution in [2.24, 2.45) is 0 Å². The molecule has 134 valence electrons. The van der Waals surface area contributed by atoms with Crippen LogP contribution >= 0.6 is 40.7 Å². The van der Waals surface area contributed by atoms with Crippen LogP contribution < -0.4 is 15.4 Å². The maximum Gasteiger partial charge on any atom is 0.124 e. The van der Waals surface area contributed by atoms with E-state index >= 15 is 0 Å². The summed E-state index contributed by atoms with van der Waals surface area (Å²) in [5, 5.41) is 6.61. The molecule has 2 aromatic rings. The molecule has 0 atom stereocenters. The van der Waals surface area contributed by atoms with Gasteiger partial charge in [-0.25, -0.2) is 0 Å². The van der Waals surface area contributed by atoms with Gasteiger partial charge in [-0.15, -0.1) is 24.8 Å². The fraction of sp³-hybridized carbons (Fsp3) is 0.333. The number of hydrogen-bond donors (Lipinski definition) is 2. The minimum Gasteiger partial charge on any atom is -0.489 e. The van der Waals surface area contributed by atoms with Crippen molar-refractivity contribution < 1.29 is 4.74 Å². The largest absolute Gasteiger partial charge is 0.489 e. The zero-order chi connectivity index (χ0) is 15.6. The lowest BCUT2D eigenvalue weighted by Crippen LogP contribution is -2.19. The Morgan fingerprint density at radius 1 is 1.00 bits per heavy atom. The smallest absolute Gasteiger partial charge is 0.124 e. The highest BCUT2D eigenvalue weighted by molar-refractivity contribution is 9.10. The fourth-order valence-electron chi connectivity index (χ4n) is 2.18. The van der Waals surface area contributed by atoms with Crippen LogP contribution in [0.4, 0.5) is 0 Å². The molecule has 24 heavy (non-hydrogen) atoms. The molecule has 0 saturated carbocycles. The van der Waals surface area contributed by atoms with Crippen LogP contribution in [-0.2, 0) is 13.2 Å². The number of benzene rings is 2. The molecule has 0 aliphatic heterocycles. The first kappa shape index (κ1) is 23.2. The molecule has 0 spiro atoms. The summed E-state index contributed by atoms with van der Waals surface area (Å²) in [5.74, 6) is 0.938. The maximum atomic E-state index is 5.98. The van der Waals surface area contributed by atoms with Gasteiger partial charge in [0.05, 0.1) is 0 Å². The fourth-order valence-corrected chi connectivity index (χ4v) is 2.58. The minimum atomic E-state index is 0. The molecular formula is C18H25BrCl2N2O. The van der Waals surface area contributed by atoms with Gasteiger partial charge in [-0.05, 0) is 50.3 Å². The van der Waals surface area contributed by atoms with Crippen LogP contribution in [0.3, 0.4) is 0 Å². The van der Waals surface area contributed by atoms with Gasteiger partial charge in [0.25, 0.3) is 0 Å². The lowest BCUT2D eigenvalue weighted by molar-refractivity contribution is 0.302. The Balaban J connectivity index is 0.00000264. The molecule has 0 aromatic heterocycles. The van der Waals surface area contributed by atoms with Crippen LogP contribution in [0.15, 0.2) is 53.0 Å². The molecule has 0 heterocycles. The summed E-state index contributed by atoms with van der Waals surface area (Å²) in [4.78, 5) is 0. The maximum absolute atomic E-state index is 5.98. The first-order valence-corrected chi connectivity index (χ1v) is 8.39. The molecule has 0 fully saturated rings. The third-order valence-electron chi connectivity index (χ3n) is 3.36. The molecule has 0 saturated heterocycles. The molecule has 0 aliphatic carbocycles. The van der Waals surface area contributed by atoms with E-state index in [2.05, 4.69) is 44.8 Å². The highest BCUT2D eigenvalue weighted by atomic mass is 79.9. The lowest BCUT2D eigenvalue weighted by Gasteiger charge is -2.13. The third-order valence-corrected chi connectivity index (χ3v) is 3.85. The van der Waals surface area contributed by atoms with Gasteiger partial charge in [0.15, 0.2) is 0 Å². The van der Waals surface area contributed by atoms with E-state index in [0.717, 1.165) is 36.3 Å². The molecule has 0 amide bonds. The van der Waals surface area contributed by atoms with Gasteiger partial charge < -0.3 is 15.4 Å². The first-order valence-electron chi connectivity index (χ1n) is 7.60. The number of hydrogen-bond acceptors (Lipinski definition) is 3. The quantitative estimate of drug-likeness (QED) is 0.566. The lowest BCUT2D eigenvalue weighted by atomic mass is 10.2. The highest BCUT2D eigenvalue weighted by Gasteiger charge is 2.05. The second-order valence-corrected chi connectivity index (χ2v) is 6.08. The predicted octanol–water partition coefficient (Wildman–Crippen LogP) is 4.57. The topological polar surface area (TPSA) is 33.3 Å². The van der Waals surface area contributed by atoms with E-state index in [4.69, 9.17) is 4.74 Å². The molecule has 2 aromatic carbocycles. The zero-order valence-electron chi connectivity index (χ0n) is 13.8. The number of halogens is 3. The normalized spacial score (nSPS) is 9.75. The Labute approximate surface area is 165 Å². The van der Waals surface area contributed by atoms with E-state index in [1.165, 1.54) is 11.1 Å². The number of nitrogens with one attached hydrogen (secondary N) is 2. The van der Waals surface area contributed by atoms with E-state index in [-0.39, 0.29) is 24.8 Å². The Bertz CT molecular complexity index is 570. The van der Waals surface area contributed by atoms with E-state index < -0.39 is 0 Å². The molecule has 2 rings (SSSR count). The third kappa shape index (κ3) is 8.36. The average molecular weight is 436 g/mol. The summed E-state index contributed by atoms with van der Waals surface area (Å²) >= 11 is 3.53. The predicted molar refractivity (Wildman–Crippen MR) is 110 cm³/mol. The summed E-state index contributed by atoms with van der Waals surface area (Å²) < 4.78 is 7.06. The van der Waals surface area contributed by atoms with Gasteiger partial charge in [0, 0.05) is 16.6 Å². The molecule has 0 unspecified atom stereocenters. The van der Waals surface area contributed by atoms with Crippen molar-refractivity contribution >= 4 is 40.7 Å². The van der Waals surface area contributed by atoms with Crippen LogP contribution in [0.1, 0.15) is 17.5 Å². The van der Waals surface area contributed by atoms with E-state index in [0.29, 0.717) is 6.61 Å². The summed E-state index contributed by atoms with van der Waals surface area (Å²) in [6, 6.07) is 16.4. The molecule has 0 bridgehead atoms. The van der Waals surface area contributed by atoms with Gasteiger partial charge >= 0.3 is 0 Å². The number of ether oxygens (including phenoxy) is 1. The first-order chi connectivity index (χ1) is 10.8. The van der Waals surface area contributed by atoms with E-state index in [1.54, 1.807) is 0 Å². The van der Waals surface area contributed by atoms with Crippen molar-refractivity contribution in [3.05, 3.63) is 64.1 Å². The van der Waals surface area contributed by atoms with E-state index in [9.17, 15) is 0 Å². The second-order valence-electron chi connectivity index (χ2n) is 5.16. The van der Waals surface area contributed by atoms with Gasteiger partial charge in [-0.3, -0.25) is 0 Å². The van der Waals surface area contributed by atoms with Crippen molar-refractivity contribution in [1.29, 1.82) is 0 Å². The van der Waals surface area contributed by atoms with Crippen molar-refractivity contribution in [1.82, 2.24) is 10.6 Å². The molecule has 0 radical (unpaired) electrons. The van der Waals surface area contributed by atoms with E-state index in [1.807, 2.05) is 37.4 Å². The summed E-state index contributed by atoms with van der Waals surface area (Å²) in [6.45, 7) is 3.43. The van der Waals surface area contributed by atoms with Crippen LogP contribution in [0.5, 0.6) is 5.75 Å².